The monoisotopic (exact) mass is 246 g/mol. The summed E-state index contributed by atoms with van der Waals surface area (Å²) < 4.78 is 4.19. The van der Waals surface area contributed by atoms with Gasteiger partial charge in [0.15, 0.2) is 0 Å². The second-order valence-electron chi connectivity index (χ2n) is 4.58. The standard InChI is InChI=1S/C14H22N4/c1-5-13-9-14(17(6-2)16-13)10-15-18-11(3)7-8-12(18)4/h7-9,15H,5-6,10H2,1-4H3. The van der Waals surface area contributed by atoms with Gasteiger partial charge in [-0.25, -0.2) is 0 Å². The summed E-state index contributed by atoms with van der Waals surface area (Å²) in [6.07, 6.45) is 0.988. The van der Waals surface area contributed by atoms with Crippen molar-refractivity contribution in [3.8, 4) is 0 Å². The highest BCUT2D eigenvalue weighted by atomic mass is 15.4. The number of aromatic nitrogens is 3. The van der Waals surface area contributed by atoms with Crippen LogP contribution in [-0.2, 0) is 19.5 Å². The molecule has 1 N–H and O–H groups in total. The van der Waals surface area contributed by atoms with Gasteiger partial charge in [-0.1, -0.05) is 6.92 Å². The van der Waals surface area contributed by atoms with E-state index in [9.17, 15) is 0 Å². The number of nitrogens with one attached hydrogen (secondary N) is 1. The van der Waals surface area contributed by atoms with E-state index in [2.05, 4.69) is 65.8 Å². The summed E-state index contributed by atoms with van der Waals surface area (Å²) in [6.45, 7) is 10.2. The van der Waals surface area contributed by atoms with E-state index in [0.717, 1.165) is 25.2 Å². The lowest BCUT2D eigenvalue weighted by atomic mass is 10.3. The summed E-state index contributed by atoms with van der Waals surface area (Å²) in [5, 5.41) is 4.56. The Kier molecular flexibility index (Phi) is 3.75. The van der Waals surface area contributed by atoms with Crippen LogP contribution in [0.25, 0.3) is 0 Å². The first kappa shape index (κ1) is 12.7. The molecule has 0 spiro atoms. The summed E-state index contributed by atoms with van der Waals surface area (Å²) in [6, 6.07) is 6.43. The molecule has 0 bridgehead atoms. The number of aryl methyl sites for hydroxylation is 4. The molecule has 2 heterocycles. The van der Waals surface area contributed by atoms with E-state index < -0.39 is 0 Å². The van der Waals surface area contributed by atoms with E-state index in [4.69, 9.17) is 0 Å². The topological polar surface area (TPSA) is 34.8 Å². The molecule has 0 aromatic carbocycles. The first-order valence-corrected chi connectivity index (χ1v) is 6.60. The molecule has 2 aromatic rings. The molecule has 2 aromatic heterocycles. The van der Waals surface area contributed by atoms with Crippen LogP contribution in [-0.4, -0.2) is 14.5 Å². The third-order valence-electron chi connectivity index (χ3n) is 3.27. The molecule has 0 unspecified atom stereocenters. The number of hydrogen-bond acceptors (Lipinski definition) is 2. The molecule has 4 nitrogen and oxygen atoms in total. The molecule has 98 valence electrons. The fraction of sp³-hybridized carbons (Fsp3) is 0.500. The zero-order chi connectivity index (χ0) is 13.1. The Morgan fingerprint density at radius 3 is 2.39 bits per heavy atom. The molecule has 0 saturated carbocycles. The maximum absolute atomic E-state index is 4.56. The van der Waals surface area contributed by atoms with Crippen molar-refractivity contribution >= 4 is 0 Å². The van der Waals surface area contributed by atoms with Gasteiger partial charge in [0.25, 0.3) is 0 Å². The van der Waals surface area contributed by atoms with Crippen molar-refractivity contribution < 1.29 is 0 Å². The molecule has 0 fully saturated rings. The third-order valence-corrected chi connectivity index (χ3v) is 3.27. The highest BCUT2D eigenvalue weighted by Crippen LogP contribution is 2.08. The molecule has 0 aliphatic heterocycles. The molecule has 18 heavy (non-hydrogen) atoms. The predicted octanol–water partition coefficient (Wildman–Crippen LogP) is 2.63. The minimum Gasteiger partial charge on any atom is -0.320 e. The second-order valence-corrected chi connectivity index (χ2v) is 4.58. The maximum Gasteiger partial charge on any atom is 0.0733 e. The van der Waals surface area contributed by atoms with Gasteiger partial charge < -0.3 is 5.43 Å². The molecular weight excluding hydrogens is 224 g/mol. The van der Waals surface area contributed by atoms with E-state index in [1.165, 1.54) is 17.1 Å². The summed E-state index contributed by atoms with van der Waals surface area (Å²) in [5.74, 6) is 0. The average Bonchev–Trinajstić information content (AvgIpc) is 2.91. The van der Waals surface area contributed by atoms with Gasteiger partial charge >= 0.3 is 0 Å². The van der Waals surface area contributed by atoms with Crippen LogP contribution in [0.4, 0.5) is 0 Å². The molecule has 0 aliphatic carbocycles. The van der Waals surface area contributed by atoms with Crippen molar-refractivity contribution in [3.05, 3.63) is 41.0 Å². The van der Waals surface area contributed by atoms with Crippen molar-refractivity contribution in [3.63, 3.8) is 0 Å². The molecule has 0 saturated heterocycles. The third kappa shape index (κ3) is 2.42. The fourth-order valence-electron chi connectivity index (χ4n) is 2.18. The lowest BCUT2D eigenvalue weighted by Gasteiger charge is -2.13. The molecule has 2 rings (SSSR count). The van der Waals surface area contributed by atoms with Crippen LogP contribution in [0.2, 0.25) is 0 Å². The number of nitrogens with zero attached hydrogens (tertiary/aromatic N) is 3. The smallest absolute Gasteiger partial charge is 0.0733 e. The van der Waals surface area contributed by atoms with Crippen molar-refractivity contribution in [2.24, 2.45) is 0 Å². The molecule has 0 aliphatic rings. The molecule has 0 atom stereocenters. The first-order valence-electron chi connectivity index (χ1n) is 6.60. The van der Waals surface area contributed by atoms with E-state index in [1.807, 2.05) is 0 Å². The van der Waals surface area contributed by atoms with Gasteiger partial charge in [-0.05, 0) is 45.4 Å². The molecular formula is C14H22N4. The van der Waals surface area contributed by atoms with Crippen molar-refractivity contribution in [2.45, 2.75) is 47.2 Å². The number of hydrogen-bond donors (Lipinski definition) is 1. The zero-order valence-electron chi connectivity index (χ0n) is 11.7. The SMILES string of the molecule is CCc1cc(CNn2c(C)ccc2C)n(CC)n1. The summed E-state index contributed by atoms with van der Waals surface area (Å²) in [5.41, 5.74) is 8.30. The van der Waals surface area contributed by atoms with E-state index in [1.54, 1.807) is 0 Å². The van der Waals surface area contributed by atoms with Crippen LogP contribution in [0.15, 0.2) is 18.2 Å². The zero-order valence-corrected chi connectivity index (χ0v) is 11.7. The molecule has 4 heteroatoms. The molecule has 0 radical (unpaired) electrons. The Labute approximate surface area is 109 Å². The van der Waals surface area contributed by atoms with Crippen molar-refractivity contribution in [1.29, 1.82) is 0 Å². The Morgan fingerprint density at radius 2 is 1.83 bits per heavy atom. The quantitative estimate of drug-likeness (QED) is 0.880. The van der Waals surface area contributed by atoms with E-state index >= 15 is 0 Å². The normalized spacial score (nSPS) is 10.9. The highest BCUT2D eigenvalue weighted by Gasteiger charge is 2.06. The predicted molar refractivity (Wildman–Crippen MR) is 74.2 cm³/mol. The van der Waals surface area contributed by atoms with Gasteiger partial charge in [-0.3, -0.25) is 9.36 Å². The Morgan fingerprint density at radius 1 is 1.17 bits per heavy atom. The maximum atomic E-state index is 4.56. The Bertz CT molecular complexity index is 502. The molecule has 0 amide bonds. The van der Waals surface area contributed by atoms with Crippen molar-refractivity contribution in [2.75, 3.05) is 5.43 Å². The Balaban J connectivity index is 2.12. The average molecular weight is 246 g/mol. The Hall–Kier alpha value is -1.71. The number of rotatable bonds is 5. The second kappa shape index (κ2) is 5.29. The van der Waals surface area contributed by atoms with Crippen LogP contribution in [0, 0.1) is 13.8 Å². The van der Waals surface area contributed by atoms with Gasteiger partial charge in [-0.15, -0.1) is 0 Å². The minimum atomic E-state index is 0.803. The van der Waals surface area contributed by atoms with Crippen LogP contribution in [0.3, 0.4) is 0 Å². The van der Waals surface area contributed by atoms with Gasteiger partial charge in [0.05, 0.1) is 17.9 Å². The van der Waals surface area contributed by atoms with Crippen LogP contribution >= 0.6 is 0 Å². The van der Waals surface area contributed by atoms with Gasteiger partial charge in [0.1, 0.15) is 0 Å². The van der Waals surface area contributed by atoms with E-state index in [-0.39, 0.29) is 0 Å². The highest BCUT2D eigenvalue weighted by molar-refractivity contribution is 5.17. The first-order chi connectivity index (χ1) is 8.65. The van der Waals surface area contributed by atoms with Crippen molar-refractivity contribution in [1.82, 2.24) is 14.5 Å². The van der Waals surface area contributed by atoms with Gasteiger partial charge in [-0.2, -0.15) is 5.10 Å². The lowest BCUT2D eigenvalue weighted by molar-refractivity contribution is 0.609. The lowest BCUT2D eigenvalue weighted by Crippen LogP contribution is -2.19. The minimum absolute atomic E-state index is 0.803. The van der Waals surface area contributed by atoms with Crippen LogP contribution in [0.1, 0.15) is 36.6 Å². The van der Waals surface area contributed by atoms with Gasteiger partial charge in [0, 0.05) is 17.9 Å². The summed E-state index contributed by atoms with van der Waals surface area (Å²) in [7, 11) is 0. The fourth-order valence-corrected chi connectivity index (χ4v) is 2.18. The van der Waals surface area contributed by atoms with Gasteiger partial charge in [0.2, 0.25) is 0 Å². The van der Waals surface area contributed by atoms with Crippen LogP contribution < -0.4 is 5.43 Å². The largest absolute Gasteiger partial charge is 0.320 e. The summed E-state index contributed by atoms with van der Waals surface area (Å²) in [4.78, 5) is 0. The van der Waals surface area contributed by atoms with Crippen LogP contribution in [0.5, 0.6) is 0 Å². The summed E-state index contributed by atoms with van der Waals surface area (Å²) >= 11 is 0. The van der Waals surface area contributed by atoms with E-state index in [0.29, 0.717) is 0 Å².